The first-order valence-corrected chi connectivity index (χ1v) is 8.20. The van der Waals surface area contributed by atoms with Crippen LogP contribution in [-0.4, -0.2) is 25.2 Å². The number of rotatable bonds is 10. The molecule has 0 amide bonds. The minimum atomic E-state index is -0.717. The molecular formula is C18H26N2O3. The normalized spacial score (nSPS) is 11.6. The average Bonchev–Trinajstić information content (AvgIpc) is 2.56. The number of nitrogens with two attached hydrogens (primary N) is 1. The fourth-order valence-corrected chi connectivity index (χ4v) is 2.01. The second kappa shape index (κ2) is 10.6. The Morgan fingerprint density at radius 2 is 1.96 bits per heavy atom. The van der Waals surface area contributed by atoms with Crippen LogP contribution in [-0.2, 0) is 16.0 Å². The Balaban J connectivity index is 2.63. The van der Waals surface area contributed by atoms with Crippen LogP contribution in [0.1, 0.15) is 50.7 Å². The molecule has 0 aliphatic rings. The molecule has 0 heterocycles. The summed E-state index contributed by atoms with van der Waals surface area (Å²) >= 11 is 0. The van der Waals surface area contributed by atoms with Crippen molar-refractivity contribution < 1.29 is 14.3 Å². The first-order chi connectivity index (χ1) is 11.1. The van der Waals surface area contributed by atoms with Crippen molar-refractivity contribution in [2.45, 2.75) is 52.0 Å². The van der Waals surface area contributed by atoms with Crippen molar-refractivity contribution in [3.05, 3.63) is 29.3 Å². The van der Waals surface area contributed by atoms with Crippen LogP contribution in [0.2, 0.25) is 0 Å². The van der Waals surface area contributed by atoms with Crippen LogP contribution in [0.3, 0.4) is 0 Å². The highest BCUT2D eigenvalue weighted by atomic mass is 16.5. The minimum absolute atomic E-state index is 0.342. The van der Waals surface area contributed by atoms with Crippen molar-refractivity contribution in [1.82, 2.24) is 0 Å². The number of benzene rings is 1. The Morgan fingerprint density at radius 3 is 2.61 bits per heavy atom. The lowest BCUT2D eigenvalue weighted by Crippen LogP contribution is -2.34. The summed E-state index contributed by atoms with van der Waals surface area (Å²) in [5.41, 5.74) is 7.16. The highest BCUT2D eigenvalue weighted by Crippen LogP contribution is 2.20. The smallest absolute Gasteiger partial charge is 0.323 e. The van der Waals surface area contributed by atoms with Gasteiger partial charge in [0.25, 0.3) is 0 Å². The van der Waals surface area contributed by atoms with E-state index in [9.17, 15) is 10.1 Å². The van der Waals surface area contributed by atoms with Crippen molar-refractivity contribution in [2.24, 2.45) is 5.73 Å². The molecule has 5 nitrogen and oxygen atoms in total. The number of nitrogens with zero attached hydrogens (tertiary/aromatic N) is 1. The van der Waals surface area contributed by atoms with E-state index < -0.39 is 12.0 Å². The van der Waals surface area contributed by atoms with Crippen LogP contribution in [0.15, 0.2) is 18.2 Å². The number of esters is 1. The summed E-state index contributed by atoms with van der Waals surface area (Å²) in [4.78, 5) is 11.8. The molecule has 2 N–H and O–H groups in total. The Hall–Kier alpha value is -2.06. The highest BCUT2D eigenvalue weighted by Gasteiger charge is 2.16. The Labute approximate surface area is 138 Å². The highest BCUT2D eigenvalue weighted by molar-refractivity contribution is 5.75. The number of carbonyl (C=O) groups excluding carboxylic acids is 1. The number of nitriles is 1. The molecule has 0 saturated heterocycles. The van der Waals surface area contributed by atoms with E-state index in [1.807, 2.05) is 13.0 Å². The number of carbonyl (C=O) groups is 1. The first kappa shape index (κ1) is 19.0. The van der Waals surface area contributed by atoms with Gasteiger partial charge >= 0.3 is 5.97 Å². The lowest BCUT2D eigenvalue weighted by atomic mass is 10.0. The lowest BCUT2D eigenvalue weighted by Gasteiger charge is -2.13. The summed E-state index contributed by atoms with van der Waals surface area (Å²) in [7, 11) is 0. The summed E-state index contributed by atoms with van der Waals surface area (Å²) in [6.45, 7) is 5.10. The van der Waals surface area contributed by atoms with E-state index in [0.717, 1.165) is 31.2 Å². The molecule has 0 spiro atoms. The SMILES string of the molecule is CCCCOC(=O)C(N)Cc1ccc(OCCCC)c(C#N)c1. The third kappa shape index (κ3) is 6.70. The van der Waals surface area contributed by atoms with Crippen molar-refractivity contribution in [3.63, 3.8) is 0 Å². The standard InChI is InChI=1S/C18H26N2O3/c1-3-5-9-22-17-8-7-14(11-15(17)13-19)12-16(20)18(21)23-10-6-4-2/h7-8,11,16H,3-6,9-10,12,20H2,1-2H3. The lowest BCUT2D eigenvalue weighted by molar-refractivity contribution is -0.145. The molecule has 1 atom stereocenters. The monoisotopic (exact) mass is 318 g/mol. The molecule has 0 radical (unpaired) electrons. The third-order valence-corrected chi connectivity index (χ3v) is 3.42. The fraction of sp³-hybridized carbons (Fsp3) is 0.556. The van der Waals surface area contributed by atoms with Crippen LogP contribution in [0, 0.1) is 11.3 Å². The molecule has 0 fully saturated rings. The van der Waals surface area contributed by atoms with Gasteiger partial charge in [0.1, 0.15) is 17.9 Å². The first-order valence-electron chi connectivity index (χ1n) is 8.20. The Kier molecular flexibility index (Phi) is 8.78. The molecule has 0 aliphatic heterocycles. The van der Waals surface area contributed by atoms with Gasteiger partial charge < -0.3 is 15.2 Å². The Bertz CT molecular complexity index is 538. The van der Waals surface area contributed by atoms with Gasteiger partial charge in [-0.25, -0.2) is 0 Å². The van der Waals surface area contributed by atoms with Crippen molar-refractivity contribution in [1.29, 1.82) is 5.26 Å². The molecule has 1 aromatic carbocycles. The molecule has 0 saturated carbocycles. The minimum Gasteiger partial charge on any atom is -0.492 e. The van der Waals surface area contributed by atoms with Crippen LogP contribution < -0.4 is 10.5 Å². The zero-order chi connectivity index (χ0) is 17.1. The van der Waals surface area contributed by atoms with Gasteiger partial charge in [-0.15, -0.1) is 0 Å². The maximum Gasteiger partial charge on any atom is 0.323 e. The van der Waals surface area contributed by atoms with E-state index in [1.165, 1.54) is 0 Å². The largest absolute Gasteiger partial charge is 0.492 e. The van der Waals surface area contributed by atoms with Crippen LogP contribution in [0.4, 0.5) is 0 Å². The third-order valence-electron chi connectivity index (χ3n) is 3.42. The second-order valence-corrected chi connectivity index (χ2v) is 5.48. The van der Waals surface area contributed by atoms with Crippen LogP contribution in [0.25, 0.3) is 0 Å². The van der Waals surface area contributed by atoms with Gasteiger partial charge in [-0.05, 0) is 37.0 Å². The molecule has 1 unspecified atom stereocenters. The van der Waals surface area contributed by atoms with E-state index in [0.29, 0.717) is 30.9 Å². The molecule has 126 valence electrons. The zero-order valence-corrected chi connectivity index (χ0v) is 14.0. The van der Waals surface area contributed by atoms with E-state index in [4.69, 9.17) is 15.2 Å². The quantitative estimate of drug-likeness (QED) is 0.529. The van der Waals surface area contributed by atoms with Crippen LogP contribution in [0.5, 0.6) is 5.75 Å². The van der Waals surface area contributed by atoms with Gasteiger partial charge in [-0.1, -0.05) is 32.8 Å². The maximum atomic E-state index is 11.8. The van der Waals surface area contributed by atoms with E-state index in [1.54, 1.807) is 12.1 Å². The van der Waals surface area contributed by atoms with Gasteiger partial charge in [-0.3, -0.25) is 4.79 Å². The molecular weight excluding hydrogens is 292 g/mol. The number of hydrogen-bond donors (Lipinski definition) is 1. The number of unbranched alkanes of at least 4 members (excludes halogenated alkanes) is 2. The van der Waals surface area contributed by atoms with Crippen molar-refractivity contribution in [2.75, 3.05) is 13.2 Å². The van der Waals surface area contributed by atoms with Crippen molar-refractivity contribution >= 4 is 5.97 Å². The summed E-state index contributed by atoms with van der Waals surface area (Å²) in [5.74, 6) is 0.170. The predicted octanol–water partition coefficient (Wildman–Crippen LogP) is 2.95. The summed E-state index contributed by atoms with van der Waals surface area (Å²) in [6.07, 6.45) is 4.12. The zero-order valence-electron chi connectivity index (χ0n) is 14.0. The summed E-state index contributed by atoms with van der Waals surface area (Å²) < 4.78 is 10.7. The molecule has 5 heteroatoms. The van der Waals surface area contributed by atoms with Crippen LogP contribution >= 0.6 is 0 Å². The van der Waals surface area contributed by atoms with Gasteiger partial charge in [0, 0.05) is 0 Å². The van der Waals surface area contributed by atoms with Gasteiger partial charge in [-0.2, -0.15) is 5.26 Å². The maximum absolute atomic E-state index is 11.8. The van der Waals surface area contributed by atoms with Gasteiger partial charge in [0.2, 0.25) is 0 Å². The average molecular weight is 318 g/mol. The molecule has 1 aromatic rings. The van der Waals surface area contributed by atoms with Gasteiger partial charge in [0.15, 0.2) is 0 Å². The number of ether oxygens (including phenoxy) is 2. The van der Waals surface area contributed by atoms with E-state index in [-0.39, 0.29) is 0 Å². The number of hydrogen-bond acceptors (Lipinski definition) is 5. The fourth-order valence-electron chi connectivity index (χ4n) is 2.01. The Morgan fingerprint density at radius 1 is 1.26 bits per heavy atom. The topological polar surface area (TPSA) is 85.3 Å². The molecule has 1 rings (SSSR count). The summed E-state index contributed by atoms with van der Waals surface area (Å²) in [6, 6.07) is 6.73. The predicted molar refractivity (Wildman–Crippen MR) is 89.1 cm³/mol. The second-order valence-electron chi connectivity index (χ2n) is 5.48. The molecule has 0 aliphatic carbocycles. The molecule has 0 aromatic heterocycles. The summed E-state index contributed by atoms with van der Waals surface area (Å²) in [5, 5.41) is 9.23. The molecule has 23 heavy (non-hydrogen) atoms. The van der Waals surface area contributed by atoms with E-state index in [2.05, 4.69) is 13.0 Å². The molecule has 0 bridgehead atoms. The van der Waals surface area contributed by atoms with Gasteiger partial charge in [0.05, 0.1) is 18.8 Å². The van der Waals surface area contributed by atoms with Crippen molar-refractivity contribution in [3.8, 4) is 11.8 Å². The van der Waals surface area contributed by atoms with E-state index >= 15 is 0 Å².